The zero-order valence-electron chi connectivity index (χ0n) is 11.9. The zero-order valence-corrected chi connectivity index (χ0v) is 14.3. The number of ether oxygens (including phenoxy) is 1. The highest BCUT2D eigenvalue weighted by Gasteiger charge is 2.20. The van der Waals surface area contributed by atoms with E-state index < -0.39 is 0 Å². The summed E-state index contributed by atoms with van der Waals surface area (Å²) in [5, 5.41) is 9.95. The first kappa shape index (κ1) is 15.6. The molecule has 0 radical (unpaired) electrons. The van der Waals surface area contributed by atoms with E-state index in [-0.39, 0.29) is 5.75 Å². The minimum absolute atomic E-state index is 0.130. The quantitative estimate of drug-likeness (QED) is 0.829. The number of aromatic hydroxyl groups is 1. The molecular formula is C15H20BrNO2S. The molecule has 0 aliphatic carbocycles. The molecule has 1 heterocycles. The van der Waals surface area contributed by atoms with Crippen LogP contribution >= 0.6 is 28.1 Å². The second kappa shape index (κ2) is 6.76. The van der Waals surface area contributed by atoms with Crippen LogP contribution in [0.1, 0.15) is 32.3 Å². The molecular weight excluding hydrogens is 338 g/mol. The van der Waals surface area contributed by atoms with Crippen molar-refractivity contribution >= 4 is 33.1 Å². The normalized spacial score (nSPS) is 16.2. The zero-order chi connectivity index (χ0) is 14.7. The first-order valence-corrected chi connectivity index (χ1v) is 8.17. The van der Waals surface area contributed by atoms with E-state index in [0.29, 0.717) is 16.8 Å². The van der Waals surface area contributed by atoms with E-state index in [1.165, 1.54) is 12.8 Å². The number of hydrogen-bond acceptors (Lipinski definition) is 3. The average molecular weight is 358 g/mol. The molecule has 5 heteroatoms. The smallest absolute Gasteiger partial charge is 0.172 e. The number of rotatable bonds is 3. The third-order valence-corrected chi connectivity index (χ3v) is 4.74. The van der Waals surface area contributed by atoms with Gasteiger partial charge in [0.25, 0.3) is 0 Å². The predicted octanol–water partition coefficient (Wildman–Crippen LogP) is 3.96. The van der Waals surface area contributed by atoms with E-state index in [1.807, 2.05) is 19.1 Å². The van der Waals surface area contributed by atoms with Gasteiger partial charge in [0.2, 0.25) is 0 Å². The van der Waals surface area contributed by atoms with Crippen LogP contribution in [0.4, 0.5) is 0 Å². The fourth-order valence-corrected chi connectivity index (χ4v) is 3.10. The van der Waals surface area contributed by atoms with Crippen LogP contribution in [0, 0.1) is 5.92 Å². The molecule has 0 unspecified atom stereocenters. The van der Waals surface area contributed by atoms with Crippen molar-refractivity contribution in [2.24, 2.45) is 5.92 Å². The van der Waals surface area contributed by atoms with Crippen LogP contribution < -0.4 is 4.74 Å². The summed E-state index contributed by atoms with van der Waals surface area (Å²) in [7, 11) is 0. The molecule has 0 saturated carbocycles. The SMILES string of the molecule is CCOc1cc(C(=S)N2CCC(C)CC2)cc(Br)c1O. The Morgan fingerprint density at radius 1 is 1.45 bits per heavy atom. The molecule has 0 amide bonds. The Bertz CT molecular complexity index is 499. The summed E-state index contributed by atoms with van der Waals surface area (Å²) in [6.07, 6.45) is 2.36. The molecule has 2 rings (SSSR count). The van der Waals surface area contributed by atoms with Crippen molar-refractivity contribution in [3.63, 3.8) is 0 Å². The number of halogens is 1. The molecule has 110 valence electrons. The number of phenolic OH excluding ortho intramolecular Hbond substituents is 1. The van der Waals surface area contributed by atoms with Gasteiger partial charge in [0.05, 0.1) is 11.1 Å². The van der Waals surface area contributed by atoms with Gasteiger partial charge in [-0.15, -0.1) is 0 Å². The minimum atomic E-state index is 0.130. The summed E-state index contributed by atoms with van der Waals surface area (Å²) >= 11 is 8.95. The Kier molecular flexibility index (Phi) is 5.27. The van der Waals surface area contributed by atoms with E-state index >= 15 is 0 Å². The monoisotopic (exact) mass is 357 g/mol. The number of likely N-dealkylation sites (tertiary alicyclic amines) is 1. The summed E-state index contributed by atoms with van der Waals surface area (Å²) in [6.45, 7) is 6.69. The van der Waals surface area contributed by atoms with E-state index in [1.54, 1.807) is 0 Å². The number of piperidine rings is 1. The summed E-state index contributed by atoms with van der Waals surface area (Å²) in [5.41, 5.74) is 0.919. The van der Waals surface area contributed by atoms with Crippen LogP contribution in [-0.2, 0) is 0 Å². The van der Waals surface area contributed by atoms with E-state index in [9.17, 15) is 5.11 Å². The highest BCUT2D eigenvalue weighted by Crippen LogP contribution is 2.36. The van der Waals surface area contributed by atoms with Gasteiger partial charge in [-0.25, -0.2) is 0 Å². The molecule has 20 heavy (non-hydrogen) atoms. The summed E-state index contributed by atoms with van der Waals surface area (Å²) in [5.74, 6) is 1.38. The average Bonchev–Trinajstić information content (AvgIpc) is 2.44. The van der Waals surface area contributed by atoms with Gasteiger partial charge in [-0.2, -0.15) is 0 Å². The van der Waals surface area contributed by atoms with Gasteiger partial charge in [-0.05, 0) is 53.7 Å². The van der Waals surface area contributed by atoms with E-state index in [4.69, 9.17) is 17.0 Å². The summed E-state index contributed by atoms with van der Waals surface area (Å²) in [6, 6.07) is 3.68. The largest absolute Gasteiger partial charge is 0.503 e. The molecule has 3 nitrogen and oxygen atoms in total. The Morgan fingerprint density at radius 3 is 2.70 bits per heavy atom. The Morgan fingerprint density at radius 2 is 2.10 bits per heavy atom. The molecule has 1 saturated heterocycles. The Balaban J connectivity index is 2.21. The molecule has 0 bridgehead atoms. The topological polar surface area (TPSA) is 32.7 Å². The lowest BCUT2D eigenvalue weighted by atomic mass is 9.99. The van der Waals surface area contributed by atoms with Gasteiger partial charge in [0.15, 0.2) is 11.5 Å². The molecule has 0 aromatic heterocycles. The number of hydrogen-bond donors (Lipinski definition) is 1. The summed E-state index contributed by atoms with van der Waals surface area (Å²) in [4.78, 5) is 3.07. The second-order valence-corrected chi connectivity index (χ2v) is 6.45. The number of benzene rings is 1. The van der Waals surface area contributed by atoms with Crippen LogP contribution in [0.3, 0.4) is 0 Å². The van der Waals surface area contributed by atoms with Crippen LogP contribution in [0.2, 0.25) is 0 Å². The Labute approximate surface area is 134 Å². The van der Waals surface area contributed by atoms with Crippen molar-refractivity contribution in [2.45, 2.75) is 26.7 Å². The van der Waals surface area contributed by atoms with Gasteiger partial charge in [0, 0.05) is 18.7 Å². The van der Waals surface area contributed by atoms with Crippen molar-refractivity contribution in [3.05, 3.63) is 22.2 Å². The number of phenols is 1. The third kappa shape index (κ3) is 3.44. The van der Waals surface area contributed by atoms with Crippen molar-refractivity contribution in [1.82, 2.24) is 4.90 Å². The van der Waals surface area contributed by atoms with Gasteiger partial charge in [-0.3, -0.25) is 0 Å². The summed E-state index contributed by atoms with van der Waals surface area (Å²) < 4.78 is 6.07. The van der Waals surface area contributed by atoms with Crippen molar-refractivity contribution in [2.75, 3.05) is 19.7 Å². The van der Waals surface area contributed by atoms with Crippen LogP contribution in [0.15, 0.2) is 16.6 Å². The second-order valence-electron chi connectivity index (χ2n) is 5.21. The van der Waals surface area contributed by atoms with Gasteiger partial charge < -0.3 is 14.7 Å². The minimum Gasteiger partial charge on any atom is -0.503 e. The predicted molar refractivity (Wildman–Crippen MR) is 88.6 cm³/mol. The molecule has 1 aliphatic heterocycles. The lowest BCUT2D eigenvalue weighted by molar-refractivity contribution is 0.284. The van der Waals surface area contributed by atoms with Crippen molar-refractivity contribution < 1.29 is 9.84 Å². The first-order valence-electron chi connectivity index (χ1n) is 6.97. The van der Waals surface area contributed by atoms with Crippen molar-refractivity contribution in [1.29, 1.82) is 0 Å². The number of thiocarbonyl (C=S) groups is 1. The molecule has 1 aliphatic rings. The Hall–Kier alpha value is -0.810. The standard InChI is InChI=1S/C15H20BrNO2S/c1-3-19-13-9-11(8-12(16)14(13)18)15(20)17-6-4-10(2)5-7-17/h8-10,18H,3-7H2,1-2H3. The lowest BCUT2D eigenvalue weighted by Crippen LogP contribution is -2.37. The van der Waals surface area contributed by atoms with Crippen molar-refractivity contribution in [3.8, 4) is 11.5 Å². The highest BCUT2D eigenvalue weighted by atomic mass is 79.9. The maximum Gasteiger partial charge on any atom is 0.172 e. The van der Waals surface area contributed by atoms with E-state index in [0.717, 1.165) is 29.6 Å². The van der Waals surface area contributed by atoms with Crippen LogP contribution in [-0.4, -0.2) is 34.7 Å². The molecule has 1 N–H and O–H groups in total. The maximum absolute atomic E-state index is 9.95. The van der Waals surface area contributed by atoms with Crippen LogP contribution in [0.5, 0.6) is 11.5 Å². The third-order valence-electron chi connectivity index (χ3n) is 3.65. The number of nitrogens with zero attached hydrogens (tertiary/aromatic N) is 1. The fourth-order valence-electron chi connectivity index (χ4n) is 2.36. The van der Waals surface area contributed by atoms with Crippen LogP contribution in [0.25, 0.3) is 0 Å². The van der Waals surface area contributed by atoms with Gasteiger partial charge in [0.1, 0.15) is 4.99 Å². The lowest BCUT2D eigenvalue weighted by Gasteiger charge is -2.32. The molecule has 0 atom stereocenters. The van der Waals surface area contributed by atoms with E-state index in [2.05, 4.69) is 27.8 Å². The maximum atomic E-state index is 9.95. The highest BCUT2D eigenvalue weighted by molar-refractivity contribution is 9.10. The van der Waals surface area contributed by atoms with Gasteiger partial charge in [-0.1, -0.05) is 19.1 Å². The molecule has 1 aromatic carbocycles. The molecule has 1 fully saturated rings. The molecule has 1 aromatic rings. The fraction of sp³-hybridized carbons (Fsp3) is 0.533. The molecule has 0 spiro atoms. The van der Waals surface area contributed by atoms with Gasteiger partial charge >= 0.3 is 0 Å². The first-order chi connectivity index (χ1) is 9.52.